The number of ether oxygens (including phenoxy) is 1. The topological polar surface area (TPSA) is 108 Å². The lowest BCUT2D eigenvalue weighted by molar-refractivity contribution is -0.384. The molecule has 0 N–H and O–H groups in total. The lowest BCUT2D eigenvalue weighted by Gasteiger charge is -1.98. The fourth-order valence-electron chi connectivity index (χ4n) is 1.95. The van der Waals surface area contributed by atoms with Gasteiger partial charge in [0.2, 0.25) is 0 Å². The molecule has 11 heteroatoms. The molecule has 130 valence electrons. The molecule has 0 aliphatic heterocycles. The van der Waals surface area contributed by atoms with E-state index in [-0.39, 0.29) is 18.1 Å². The van der Waals surface area contributed by atoms with E-state index in [0.717, 1.165) is 14.0 Å². The lowest BCUT2D eigenvalue weighted by atomic mass is 10.3. The number of aromatic nitrogens is 3. The standard InChI is InChI=1S/C14H12N4O4S3/c1-2-22-12(19)6-5-11-16-17-14(24-11)25-13-15-9-4-3-8(18(20)21)7-10(9)23-13/h3-4,7H,2,5-6H2,1H3. The Labute approximate surface area is 154 Å². The van der Waals surface area contributed by atoms with Gasteiger partial charge in [0.1, 0.15) is 5.01 Å². The van der Waals surface area contributed by atoms with Crippen molar-refractivity contribution >= 4 is 56.3 Å². The zero-order chi connectivity index (χ0) is 17.8. The minimum absolute atomic E-state index is 0.0462. The number of esters is 1. The average Bonchev–Trinajstić information content (AvgIpc) is 3.18. The van der Waals surface area contributed by atoms with E-state index >= 15 is 0 Å². The molecule has 0 radical (unpaired) electrons. The van der Waals surface area contributed by atoms with E-state index in [1.807, 2.05) is 0 Å². The summed E-state index contributed by atoms with van der Waals surface area (Å²) in [6, 6.07) is 4.59. The number of nitro groups is 1. The van der Waals surface area contributed by atoms with Gasteiger partial charge in [-0.1, -0.05) is 11.3 Å². The van der Waals surface area contributed by atoms with Crippen LogP contribution in [-0.4, -0.2) is 32.7 Å². The Bertz CT molecular complexity index is 924. The number of fused-ring (bicyclic) bond motifs is 1. The molecule has 0 saturated carbocycles. The number of carbonyl (C=O) groups is 1. The van der Waals surface area contributed by atoms with Crippen LogP contribution in [-0.2, 0) is 16.0 Å². The van der Waals surface area contributed by atoms with Gasteiger partial charge in [0.15, 0.2) is 8.68 Å². The SMILES string of the molecule is CCOC(=O)CCc1nnc(Sc2nc3ccc([N+](=O)[O-])cc3s2)s1. The third kappa shape index (κ3) is 4.50. The van der Waals surface area contributed by atoms with Crippen molar-refractivity contribution in [2.24, 2.45) is 0 Å². The number of non-ortho nitro benzene ring substituents is 1. The van der Waals surface area contributed by atoms with Crippen molar-refractivity contribution in [1.29, 1.82) is 0 Å². The third-order valence-corrected chi connectivity index (χ3v) is 6.15. The monoisotopic (exact) mass is 396 g/mol. The Balaban J connectivity index is 1.67. The van der Waals surface area contributed by atoms with Crippen molar-refractivity contribution in [2.75, 3.05) is 6.61 Å². The summed E-state index contributed by atoms with van der Waals surface area (Å²) in [5, 5.41) is 19.7. The first-order valence-electron chi connectivity index (χ1n) is 7.26. The Morgan fingerprint density at radius 3 is 2.92 bits per heavy atom. The van der Waals surface area contributed by atoms with Crippen molar-refractivity contribution in [3.8, 4) is 0 Å². The van der Waals surface area contributed by atoms with E-state index < -0.39 is 4.92 Å². The first-order chi connectivity index (χ1) is 12.0. The number of rotatable bonds is 7. The summed E-state index contributed by atoms with van der Waals surface area (Å²) >= 11 is 4.13. The van der Waals surface area contributed by atoms with Crippen molar-refractivity contribution < 1.29 is 14.5 Å². The lowest BCUT2D eigenvalue weighted by Crippen LogP contribution is -2.04. The van der Waals surface area contributed by atoms with Gasteiger partial charge in [-0.15, -0.1) is 21.5 Å². The van der Waals surface area contributed by atoms with Crippen molar-refractivity contribution in [2.45, 2.75) is 28.4 Å². The molecule has 0 bridgehead atoms. The van der Waals surface area contributed by atoms with Crippen LogP contribution in [0, 0.1) is 10.1 Å². The molecule has 0 atom stereocenters. The second-order valence-corrected chi connectivity index (χ2v) is 8.34. The van der Waals surface area contributed by atoms with E-state index in [4.69, 9.17) is 4.74 Å². The second kappa shape index (κ2) is 7.85. The quantitative estimate of drug-likeness (QED) is 0.338. The fraction of sp³-hybridized carbons (Fsp3) is 0.286. The fourth-order valence-corrected chi connectivity index (χ4v) is 5.14. The third-order valence-electron chi connectivity index (χ3n) is 3.03. The Hall–Kier alpha value is -2.11. The van der Waals surface area contributed by atoms with Gasteiger partial charge >= 0.3 is 5.97 Å². The minimum Gasteiger partial charge on any atom is -0.466 e. The summed E-state index contributed by atoms with van der Waals surface area (Å²) in [6.07, 6.45) is 0.765. The van der Waals surface area contributed by atoms with Crippen LogP contribution in [0.4, 0.5) is 5.69 Å². The van der Waals surface area contributed by atoms with Gasteiger partial charge in [0.25, 0.3) is 5.69 Å². The number of hydrogen-bond acceptors (Lipinski definition) is 10. The van der Waals surface area contributed by atoms with Gasteiger partial charge in [-0.3, -0.25) is 14.9 Å². The van der Waals surface area contributed by atoms with Crippen molar-refractivity contribution in [1.82, 2.24) is 15.2 Å². The smallest absolute Gasteiger partial charge is 0.306 e. The molecule has 0 saturated heterocycles. The van der Waals surface area contributed by atoms with Crippen LogP contribution in [0.1, 0.15) is 18.4 Å². The zero-order valence-corrected chi connectivity index (χ0v) is 15.4. The molecule has 0 fully saturated rings. The van der Waals surface area contributed by atoms with Gasteiger partial charge in [-0.05, 0) is 24.8 Å². The number of aryl methyl sites for hydroxylation is 1. The minimum atomic E-state index is -0.424. The maximum atomic E-state index is 11.4. The second-order valence-electron chi connectivity index (χ2n) is 4.76. The maximum absolute atomic E-state index is 11.4. The molecule has 2 heterocycles. The number of nitro benzene ring substituents is 1. The van der Waals surface area contributed by atoms with E-state index in [1.165, 1.54) is 46.6 Å². The molecule has 0 aliphatic carbocycles. The molecule has 3 rings (SSSR count). The largest absolute Gasteiger partial charge is 0.466 e. The first-order valence-corrected chi connectivity index (χ1v) is 9.71. The summed E-state index contributed by atoms with van der Waals surface area (Å²) in [7, 11) is 0. The number of nitrogens with zero attached hydrogens (tertiary/aromatic N) is 4. The summed E-state index contributed by atoms with van der Waals surface area (Å²) < 4.78 is 7.09. The Morgan fingerprint density at radius 2 is 2.16 bits per heavy atom. The van der Waals surface area contributed by atoms with E-state index in [9.17, 15) is 14.9 Å². The van der Waals surface area contributed by atoms with Crippen molar-refractivity contribution in [3.05, 3.63) is 33.3 Å². The van der Waals surface area contributed by atoms with E-state index in [1.54, 1.807) is 13.0 Å². The average molecular weight is 396 g/mol. The number of benzene rings is 1. The van der Waals surface area contributed by atoms with E-state index in [0.29, 0.717) is 22.9 Å². The number of thiazole rings is 1. The number of carbonyl (C=O) groups excluding carboxylic acids is 1. The molecule has 8 nitrogen and oxygen atoms in total. The van der Waals surface area contributed by atoms with Gasteiger partial charge in [-0.25, -0.2) is 4.98 Å². The molecular formula is C14H12N4O4S3. The molecule has 25 heavy (non-hydrogen) atoms. The highest BCUT2D eigenvalue weighted by Crippen LogP contribution is 2.36. The van der Waals surface area contributed by atoms with Gasteiger partial charge < -0.3 is 4.74 Å². The van der Waals surface area contributed by atoms with E-state index in [2.05, 4.69) is 15.2 Å². The molecule has 0 spiro atoms. The normalized spacial score (nSPS) is 10.9. The highest BCUT2D eigenvalue weighted by atomic mass is 32.2. The first kappa shape index (κ1) is 17.7. The highest BCUT2D eigenvalue weighted by molar-refractivity contribution is 8.02. The van der Waals surface area contributed by atoms with Crippen LogP contribution in [0.15, 0.2) is 26.9 Å². The molecule has 1 aromatic carbocycles. The molecule has 2 aromatic heterocycles. The molecule has 0 unspecified atom stereocenters. The van der Waals surface area contributed by atoms with Gasteiger partial charge in [0.05, 0.1) is 28.2 Å². The summed E-state index contributed by atoms with van der Waals surface area (Å²) in [5.41, 5.74) is 0.759. The van der Waals surface area contributed by atoms with Crippen LogP contribution in [0.25, 0.3) is 10.2 Å². The van der Waals surface area contributed by atoms with Crippen LogP contribution < -0.4 is 0 Å². The van der Waals surface area contributed by atoms with Crippen LogP contribution in [0.3, 0.4) is 0 Å². The Morgan fingerprint density at radius 1 is 1.32 bits per heavy atom. The molecule has 0 amide bonds. The van der Waals surface area contributed by atoms with Gasteiger partial charge in [0, 0.05) is 18.6 Å². The molecule has 3 aromatic rings. The molecule has 0 aliphatic rings. The number of hydrogen-bond donors (Lipinski definition) is 0. The van der Waals surface area contributed by atoms with Gasteiger partial charge in [-0.2, -0.15) is 0 Å². The molecular weight excluding hydrogens is 384 g/mol. The van der Waals surface area contributed by atoms with Crippen molar-refractivity contribution in [3.63, 3.8) is 0 Å². The zero-order valence-electron chi connectivity index (χ0n) is 13.0. The predicted molar refractivity (Wildman–Crippen MR) is 95.3 cm³/mol. The van der Waals surface area contributed by atoms with Crippen LogP contribution >= 0.6 is 34.4 Å². The van der Waals surface area contributed by atoms with Crippen LogP contribution in [0.5, 0.6) is 0 Å². The summed E-state index contributed by atoms with van der Waals surface area (Å²) in [4.78, 5) is 26.2. The van der Waals surface area contributed by atoms with Crippen LogP contribution in [0.2, 0.25) is 0 Å². The predicted octanol–water partition coefficient (Wildman–Crippen LogP) is 3.70. The summed E-state index contributed by atoms with van der Waals surface area (Å²) in [6.45, 7) is 2.13. The summed E-state index contributed by atoms with van der Waals surface area (Å²) in [5.74, 6) is -0.250. The Kier molecular flexibility index (Phi) is 5.56. The maximum Gasteiger partial charge on any atom is 0.306 e. The highest BCUT2D eigenvalue weighted by Gasteiger charge is 2.14.